The Kier molecular flexibility index (Phi) is 4.53. The van der Waals surface area contributed by atoms with Crippen molar-refractivity contribution in [3.63, 3.8) is 0 Å². The van der Waals surface area contributed by atoms with Gasteiger partial charge in [0.1, 0.15) is 17.7 Å². The Labute approximate surface area is 152 Å². The second-order valence-electron chi connectivity index (χ2n) is 7.12. The first-order valence-electron chi connectivity index (χ1n) is 9.17. The van der Waals surface area contributed by atoms with Crippen LogP contribution >= 0.6 is 0 Å². The van der Waals surface area contributed by atoms with Gasteiger partial charge in [0.2, 0.25) is 5.91 Å². The third-order valence-electron chi connectivity index (χ3n) is 5.37. The summed E-state index contributed by atoms with van der Waals surface area (Å²) in [6, 6.07) is 5.97. The topological polar surface area (TPSA) is 64.7 Å². The summed E-state index contributed by atoms with van der Waals surface area (Å²) in [4.78, 5) is 29.1. The van der Waals surface area contributed by atoms with Crippen LogP contribution in [-0.4, -0.2) is 47.3 Å². The van der Waals surface area contributed by atoms with E-state index < -0.39 is 0 Å². The highest BCUT2D eigenvalue weighted by Crippen LogP contribution is 2.29. The minimum atomic E-state index is -0.286. The van der Waals surface area contributed by atoms with Crippen LogP contribution in [0.3, 0.4) is 0 Å². The molecule has 0 radical (unpaired) electrons. The predicted octanol–water partition coefficient (Wildman–Crippen LogP) is 1.16. The van der Waals surface area contributed by atoms with Gasteiger partial charge in [-0.25, -0.2) is 4.39 Å². The van der Waals surface area contributed by atoms with E-state index >= 15 is 0 Å². The molecule has 138 valence electrons. The van der Waals surface area contributed by atoms with Crippen LogP contribution in [-0.2, 0) is 16.1 Å². The summed E-state index contributed by atoms with van der Waals surface area (Å²) in [5, 5.41) is 6.20. The number of fused-ring (bicyclic) bond motifs is 2. The Morgan fingerprint density at radius 1 is 1.27 bits per heavy atom. The summed E-state index contributed by atoms with van der Waals surface area (Å²) in [6.45, 7) is 2.57. The van der Waals surface area contributed by atoms with Crippen molar-refractivity contribution in [3.05, 3.63) is 47.7 Å². The van der Waals surface area contributed by atoms with Crippen molar-refractivity contribution in [3.8, 4) is 0 Å². The molecule has 3 aliphatic heterocycles. The van der Waals surface area contributed by atoms with E-state index in [1.807, 2.05) is 16.0 Å². The predicted molar refractivity (Wildman–Crippen MR) is 93.9 cm³/mol. The molecule has 1 aromatic rings. The van der Waals surface area contributed by atoms with Crippen LogP contribution in [0.5, 0.6) is 0 Å². The number of hydrogen-bond acceptors (Lipinski definition) is 4. The molecule has 2 unspecified atom stereocenters. The first-order chi connectivity index (χ1) is 12.6. The molecule has 2 atom stereocenters. The van der Waals surface area contributed by atoms with E-state index in [1.165, 1.54) is 12.1 Å². The van der Waals surface area contributed by atoms with Crippen LogP contribution < -0.4 is 10.6 Å². The fraction of sp³-hybridized carbons (Fsp3) is 0.474. The van der Waals surface area contributed by atoms with Crippen LogP contribution in [0.1, 0.15) is 24.8 Å². The molecule has 2 fully saturated rings. The molecule has 0 bridgehead atoms. The number of benzene rings is 1. The Balaban J connectivity index is 1.38. The molecule has 3 heterocycles. The maximum Gasteiger partial charge on any atom is 0.250 e. The molecule has 1 aromatic carbocycles. The van der Waals surface area contributed by atoms with Gasteiger partial charge >= 0.3 is 0 Å². The number of halogens is 1. The quantitative estimate of drug-likeness (QED) is 0.851. The highest BCUT2D eigenvalue weighted by atomic mass is 19.1. The van der Waals surface area contributed by atoms with E-state index in [9.17, 15) is 14.0 Å². The summed E-state index contributed by atoms with van der Waals surface area (Å²) >= 11 is 0. The van der Waals surface area contributed by atoms with Gasteiger partial charge in [0, 0.05) is 32.4 Å². The smallest absolute Gasteiger partial charge is 0.250 e. The van der Waals surface area contributed by atoms with Gasteiger partial charge in [-0.2, -0.15) is 0 Å². The summed E-state index contributed by atoms with van der Waals surface area (Å²) in [7, 11) is 0. The van der Waals surface area contributed by atoms with Gasteiger partial charge in [0.15, 0.2) is 0 Å². The van der Waals surface area contributed by atoms with Gasteiger partial charge in [-0.15, -0.1) is 0 Å². The van der Waals surface area contributed by atoms with Gasteiger partial charge in [-0.05, 0) is 37.0 Å². The molecule has 7 heteroatoms. The molecule has 0 aromatic heterocycles. The molecule has 6 nitrogen and oxygen atoms in total. The number of carbonyl (C=O) groups excluding carboxylic acids is 2. The molecule has 2 amide bonds. The number of nitrogens with one attached hydrogen (secondary N) is 2. The Bertz CT molecular complexity index is 734. The molecular formula is C19H23FN4O2. The van der Waals surface area contributed by atoms with E-state index in [-0.39, 0.29) is 29.6 Å². The average Bonchev–Trinajstić information content (AvgIpc) is 2.67. The number of carbonyl (C=O) groups is 2. The summed E-state index contributed by atoms with van der Waals surface area (Å²) < 4.78 is 12.9. The lowest BCUT2D eigenvalue weighted by molar-refractivity contribution is -0.141. The lowest BCUT2D eigenvalue weighted by Crippen LogP contribution is -2.59. The minimum absolute atomic E-state index is 0.0161. The van der Waals surface area contributed by atoms with E-state index in [0.717, 1.165) is 30.9 Å². The molecule has 2 N–H and O–H groups in total. The maximum atomic E-state index is 12.9. The third-order valence-corrected chi connectivity index (χ3v) is 5.37. The third kappa shape index (κ3) is 3.25. The molecule has 0 spiro atoms. The number of nitrogens with zero attached hydrogens (tertiary/aromatic N) is 2. The maximum absolute atomic E-state index is 12.9. The van der Waals surface area contributed by atoms with E-state index in [2.05, 4.69) is 10.6 Å². The molecule has 26 heavy (non-hydrogen) atoms. The summed E-state index contributed by atoms with van der Waals surface area (Å²) in [6.07, 6.45) is 4.34. The van der Waals surface area contributed by atoms with E-state index in [0.29, 0.717) is 25.9 Å². The monoisotopic (exact) mass is 358 g/mol. The normalized spacial score (nSPS) is 25.0. The average molecular weight is 358 g/mol. The van der Waals surface area contributed by atoms with Crippen molar-refractivity contribution in [1.82, 2.24) is 20.4 Å². The van der Waals surface area contributed by atoms with Crippen LogP contribution in [0.25, 0.3) is 0 Å². The number of hydrogen-bond donors (Lipinski definition) is 2. The second kappa shape index (κ2) is 6.97. The van der Waals surface area contributed by atoms with Crippen LogP contribution in [0.15, 0.2) is 36.3 Å². The van der Waals surface area contributed by atoms with Gasteiger partial charge in [0.25, 0.3) is 5.91 Å². The highest BCUT2D eigenvalue weighted by Gasteiger charge is 2.41. The second-order valence-corrected chi connectivity index (χ2v) is 7.12. The van der Waals surface area contributed by atoms with Gasteiger partial charge in [-0.3, -0.25) is 14.5 Å². The van der Waals surface area contributed by atoms with Crippen molar-refractivity contribution in [2.75, 3.05) is 19.6 Å². The van der Waals surface area contributed by atoms with Gasteiger partial charge in [-0.1, -0.05) is 12.1 Å². The van der Waals surface area contributed by atoms with Crippen molar-refractivity contribution < 1.29 is 14.0 Å². The molecule has 0 aliphatic carbocycles. The molecular weight excluding hydrogens is 335 g/mol. The number of piperidine rings is 1. The van der Waals surface area contributed by atoms with Crippen LogP contribution in [0, 0.1) is 11.7 Å². The van der Waals surface area contributed by atoms with Crippen molar-refractivity contribution >= 4 is 11.8 Å². The largest absolute Gasteiger partial charge is 0.370 e. The Morgan fingerprint density at radius 3 is 2.88 bits per heavy atom. The summed E-state index contributed by atoms with van der Waals surface area (Å²) in [5.41, 5.74) is 0.866. The van der Waals surface area contributed by atoms with Gasteiger partial charge in [0.05, 0.1) is 5.92 Å². The lowest BCUT2D eigenvalue weighted by atomic mass is 9.90. The molecule has 3 aliphatic rings. The zero-order chi connectivity index (χ0) is 18.1. The fourth-order valence-electron chi connectivity index (χ4n) is 3.91. The molecule has 2 saturated heterocycles. The Hall–Kier alpha value is -2.57. The first kappa shape index (κ1) is 16.9. The van der Waals surface area contributed by atoms with E-state index in [4.69, 9.17) is 0 Å². The SMILES string of the molecule is O=C(NCc1ccc(F)cc1)C1CCC2C(=O)N3CCCNC3=CN2C1. The van der Waals surface area contributed by atoms with Crippen molar-refractivity contribution in [1.29, 1.82) is 0 Å². The minimum Gasteiger partial charge on any atom is -0.370 e. The standard InChI is InChI=1S/C19H23FN4O2/c20-15-5-2-13(3-6-15)10-22-18(25)14-4-7-16-19(26)24-9-1-8-21-17(24)12-23(16)11-14/h2-3,5-6,12,14,16,21H,1,4,7-11H2,(H,22,25). The van der Waals surface area contributed by atoms with Gasteiger partial charge < -0.3 is 15.5 Å². The zero-order valence-electron chi connectivity index (χ0n) is 14.6. The van der Waals surface area contributed by atoms with Crippen LogP contribution in [0.4, 0.5) is 4.39 Å². The molecule has 4 rings (SSSR count). The lowest BCUT2D eigenvalue weighted by Gasteiger charge is -2.46. The van der Waals surface area contributed by atoms with Crippen molar-refractivity contribution in [2.24, 2.45) is 5.92 Å². The zero-order valence-corrected chi connectivity index (χ0v) is 14.6. The first-order valence-corrected chi connectivity index (χ1v) is 9.17. The molecule has 0 saturated carbocycles. The highest BCUT2D eigenvalue weighted by molar-refractivity contribution is 5.86. The van der Waals surface area contributed by atoms with E-state index in [1.54, 1.807) is 12.1 Å². The fourth-order valence-corrected chi connectivity index (χ4v) is 3.91. The number of amides is 2. The van der Waals surface area contributed by atoms with Crippen LogP contribution in [0.2, 0.25) is 0 Å². The summed E-state index contributed by atoms with van der Waals surface area (Å²) in [5.74, 6) is 0.542. The Morgan fingerprint density at radius 2 is 2.08 bits per heavy atom. The van der Waals surface area contributed by atoms with Crippen molar-refractivity contribution in [2.45, 2.75) is 31.8 Å². The number of rotatable bonds is 3.